The first-order valence-electron chi connectivity index (χ1n) is 9.31. The molecule has 4 rings (SSSR count). The summed E-state index contributed by atoms with van der Waals surface area (Å²) >= 11 is 0. The van der Waals surface area contributed by atoms with E-state index in [1.54, 1.807) is 25.3 Å². The van der Waals surface area contributed by atoms with Crippen LogP contribution >= 0.6 is 0 Å². The van der Waals surface area contributed by atoms with E-state index in [2.05, 4.69) is 4.98 Å². The molecule has 1 amide bonds. The van der Waals surface area contributed by atoms with Crippen molar-refractivity contribution in [3.05, 3.63) is 65.6 Å². The predicted molar refractivity (Wildman–Crippen MR) is 108 cm³/mol. The van der Waals surface area contributed by atoms with Crippen LogP contribution in [0.1, 0.15) is 27.7 Å². The highest BCUT2D eigenvalue weighted by molar-refractivity contribution is 7.91. The van der Waals surface area contributed by atoms with Crippen molar-refractivity contribution in [1.82, 2.24) is 9.88 Å². The van der Waals surface area contributed by atoms with Gasteiger partial charge in [-0.25, -0.2) is 12.8 Å². The summed E-state index contributed by atoms with van der Waals surface area (Å²) in [6.45, 7) is 0.306. The van der Waals surface area contributed by atoms with Gasteiger partial charge in [0.15, 0.2) is 9.84 Å². The number of aromatic nitrogens is 1. The number of hydrogen-bond donors (Lipinski definition) is 1. The average Bonchev–Trinajstić information content (AvgIpc) is 3.07. The summed E-state index contributed by atoms with van der Waals surface area (Å²) in [7, 11) is -2.01. The molecule has 152 valence electrons. The number of sulfone groups is 1. The molecule has 0 aliphatic carbocycles. The maximum absolute atomic E-state index is 14.2. The number of fused-ring (bicyclic) bond motifs is 1. The molecule has 1 saturated heterocycles. The van der Waals surface area contributed by atoms with Crippen molar-refractivity contribution in [2.75, 3.05) is 26.0 Å². The molecule has 3 aromatic rings. The average molecular weight is 416 g/mol. The number of benzene rings is 2. The molecule has 8 heteroatoms. The number of carbonyl (C=O) groups excluding carboxylic acids is 1. The van der Waals surface area contributed by atoms with Crippen LogP contribution in [0.4, 0.5) is 4.39 Å². The van der Waals surface area contributed by atoms with E-state index in [4.69, 9.17) is 4.74 Å². The summed E-state index contributed by atoms with van der Waals surface area (Å²) < 4.78 is 44.9. The van der Waals surface area contributed by atoms with Gasteiger partial charge in [0.2, 0.25) is 0 Å². The summed E-state index contributed by atoms with van der Waals surface area (Å²) in [5.41, 5.74) is 1.31. The fraction of sp³-hybridized carbons (Fsp3) is 0.286. The van der Waals surface area contributed by atoms with Gasteiger partial charge in [-0.05, 0) is 30.7 Å². The molecule has 1 fully saturated rings. The molecule has 1 atom stereocenters. The van der Waals surface area contributed by atoms with E-state index in [1.165, 1.54) is 23.1 Å². The number of hydrogen-bond acceptors (Lipinski definition) is 4. The summed E-state index contributed by atoms with van der Waals surface area (Å²) in [5.74, 6) is -0.340. The third-order valence-electron chi connectivity index (χ3n) is 5.34. The molecule has 1 aliphatic rings. The second kappa shape index (κ2) is 7.51. The molecule has 1 unspecified atom stereocenters. The fourth-order valence-electron chi connectivity index (χ4n) is 3.75. The van der Waals surface area contributed by atoms with Crippen LogP contribution in [0.3, 0.4) is 0 Å². The Kier molecular flexibility index (Phi) is 5.04. The Morgan fingerprint density at radius 1 is 1.17 bits per heavy atom. The number of methoxy groups -OCH3 is 1. The molecule has 29 heavy (non-hydrogen) atoms. The molecular weight excluding hydrogens is 395 g/mol. The Hall–Kier alpha value is -2.87. The van der Waals surface area contributed by atoms with E-state index in [9.17, 15) is 17.6 Å². The van der Waals surface area contributed by atoms with E-state index < -0.39 is 20.9 Å². The molecule has 0 spiro atoms. The second-order valence-electron chi connectivity index (χ2n) is 7.09. The summed E-state index contributed by atoms with van der Waals surface area (Å²) in [6, 6.07) is 13.1. The van der Waals surface area contributed by atoms with Gasteiger partial charge in [-0.2, -0.15) is 0 Å². The number of ether oxygens (including phenoxy) is 1. The van der Waals surface area contributed by atoms with Crippen LogP contribution in [0.2, 0.25) is 0 Å². The lowest BCUT2D eigenvalue weighted by molar-refractivity contribution is 0.0761. The van der Waals surface area contributed by atoms with Crippen molar-refractivity contribution >= 4 is 26.6 Å². The maximum Gasteiger partial charge on any atom is 0.270 e. The highest BCUT2D eigenvalue weighted by Gasteiger charge is 2.34. The highest BCUT2D eigenvalue weighted by Crippen LogP contribution is 2.31. The molecule has 0 bridgehead atoms. The van der Waals surface area contributed by atoms with Gasteiger partial charge in [-0.3, -0.25) is 4.79 Å². The topological polar surface area (TPSA) is 79.5 Å². The number of H-pyrrole nitrogens is 1. The second-order valence-corrected chi connectivity index (χ2v) is 9.40. The molecular formula is C21H21FN2O4S. The minimum atomic E-state index is -3.58. The van der Waals surface area contributed by atoms with Crippen LogP contribution in [-0.4, -0.2) is 50.2 Å². The molecule has 1 aliphatic heterocycles. The molecule has 6 nitrogen and oxygen atoms in total. The van der Waals surface area contributed by atoms with Gasteiger partial charge >= 0.3 is 0 Å². The Balaban J connectivity index is 1.59. The number of halogens is 1. The van der Waals surface area contributed by atoms with Gasteiger partial charge in [0.25, 0.3) is 5.91 Å². The Morgan fingerprint density at radius 3 is 2.72 bits per heavy atom. The van der Waals surface area contributed by atoms with Gasteiger partial charge in [-0.15, -0.1) is 0 Å². The number of carbonyl (C=O) groups is 1. The van der Waals surface area contributed by atoms with Crippen molar-refractivity contribution in [2.45, 2.75) is 11.7 Å². The Morgan fingerprint density at radius 2 is 1.97 bits per heavy atom. The van der Waals surface area contributed by atoms with Gasteiger partial charge < -0.3 is 14.6 Å². The normalized spacial score (nSPS) is 19.1. The molecule has 2 heterocycles. The Bertz CT molecular complexity index is 1170. The summed E-state index contributed by atoms with van der Waals surface area (Å²) in [6.07, 6.45) is 0.156. The van der Waals surface area contributed by atoms with E-state index in [-0.39, 0.29) is 36.7 Å². The third-order valence-corrected chi connectivity index (χ3v) is 7.45. The highest BCUT2D eigenvalue weighted by atomic mass is 32.2. The van der Waals surface area contributed by atoms with Gasteiger partial charge in [0.1, 0.15) is 17.3 Å². The van der Waals surface area contributed by atoms with E-state index in [0.717, 1.165) is 10.9 Å². The van der Waals surface area contributed by atoms with Gasteiger partial charge in [0.05, 0.1) is 18.1 Å². The first kappa shape index (κ1) is 19.4. The number of nitrogens with zero attached hydrogens (tertiary/aromatic N) is 1. The Labute approximate surface area is 168 Å². The zero-order valence-corrected chi connectivity index (χ0v) is 16.7. The predicted octanol–water partition coefficient (Wildman–Crippen LogP) is 3.32. The molecule has 1 N–H and O–H groups in total. The third kappa shape index (κ3) is 3.72. The number of aromatic amines is 1. The fourth-order valence-corrected chi connectivity index (χ4v) is 5.55. The zero-order valence-electron chi connectivity index (χ0n) is 15.9. The van der Waals surface area contributed by atoms with Crippen LogP contribution in [-0.2, 0) is 9.84 Å². The van der Waals surface area contributed by atoms with Crippen LogP contribution in [0.15, 0.2) is 48.5 Å². The van der Waals surface area contributed by atoms with Crippen LogP contribution in [0.5, 0.6) is 5.75 Å². The van der Waals surface area contributed by atoms with E-state index >= 15 is 0 Å². The van der Waals surface area contributed by atoms with Crippen molar-refractivity contribution in [3.8, 4) is 5.75 Å². The quantitative estimate of drug-likeness (QED) is 0.710. The SMILES string of the molecule is COc1ccc2cc(C(=O)N3CCC(c4ccccc4F)S(=O)(=O)CC3)[nH]c2c1. The summed E-state index contributed by atoms with van der Waals surface area (Å²) in [4.78, 5) is 17.6. The van der Waals surface area contributed by atoms with Crippen LogP contribution in [0.25, 0.3) is 10.9 Å². The molecule has 0 saturated carbocycles. The number of amides is 1. The van der Waals surface area contributed by atoms with E-state index in [1.807, 2.05) is 12.1 Å². The minimum Gasteiger partial charge on any atom is -0.497 e. The largest absolute Gasteiger partial charge is 0.497 e. The molecule has 2 aromatic carbocycles. The molecule has 0 radical (unpaired) electrons. The van der Waals surface area contributed by atoms with Crippen LogP contribution < -0.4 is 4.74 Å². The minimum absolute atomic E-state index is 0.0742. The van der Waals surface area contributed by atoms with Crippen molar-refractivity contribution in [2.24, 2.45) is 0 Å². The lowest BCUT2D eigenvalue weighted by Crippen LogP contribution is -2.33. The first-order valence-corrected chi connectivity index (χ1v) is 11.0. The van der Waals surface area contributed by atoms with Gasteiger partial charge in [0, 0.05) is 35.6 Å². The zero-order chi connectivity index (χ0) is 20.6. The standard InChI is InChI=1S/C21H21FN2O4S/c1-28-15-7-6-14-12-19(23-18(14)13-15)21(25)24-9-8-20(29(26,27)11-10-24)16-4-2-3-5-17(16)22/h2-7,12-13,20,23H,8-11H2,1H3. The van der Waals surface area contributed by atoms with Crippen molar-refractivity contribution in [1.29, 1.82) is 0 Å². The van der Waals surface area contributed by atoms with Gasteiger partial charge in [-0.1, -0.05) is 18.2 Å². The van der Waals surface area contributed by atoms with Crippen molar-refractivity contribution in [3.63, 3.8) is 0 Å². The first-order chi connectivity index (χ1) is 13.9. The maximum atomic E-state index is 14.2. The lowest BCUT2D eigenvalue weighted by Gasteiger charge is -2.19. The molecule has 1 aromatic heterocycles. The number of rotatable bonds is 3. The van der Waals surface area contributed by atoms with Crippen molar-refractivity contribution < 1.29 is 22.3 Å². The monoisotopic (exact) mass is 416 g/mol. The lowest BCUT2D eigenvalue weighted by atomic mass is 10.1. The van der Waals surface area contributed by atoms with E-state index in [0.29, 0.717) is 11.4 Å². The van der Waals surface area contributed by atoms with Crippen LogP contribution in [0, 0.1) is 5.82 Å². The smallest absolute Gasteiger partial charge is 0.270 e. The number of nitrogens with one attached hydrogen (secondary N) is 1. The summed E-state index contributed by atoms with van der Waals surface area (Å²) in [5, 5.41) is -0.0886.